The van der Waals surface area contributed by atoms with Crippen molar-refractivity contribution in [1.29, 1.82) is 0 Å². The van der Waals surface area contributed by atoms with Crippen molar-refractivity contribution >= 4 is 0 Å². The molecule has 0 aliphatic heterocycles. The van der Waals surface area contributed by atoms with Gasteiger partial charge in [-0.3, -0.25) is 0 Å². The van der Waals surface area contributed by atoms with Crippen molar-refractivity contribution in [2.45, 2.75) is 0 Å². The number of nitrogens with two attached hydrogens (primary N) is 5. The van der Waals surface area contributed by atoms with Crippen molar-refractivity contribution in [1.82, 2.24) is 29.5 Å². The molecule has 21 heteroatoms. The third kappa shape index (κ3) is 25.9. The van der Waals surface area contributed by atoms with Crippen molar-refractivity contribution in [3.63, 3.8) is 0 Å². The minimum absolute atomic E-state index is 0.145. The number of halogens is 5. The molecule has 0 bridgehead atoms. The summed E-state index contributed by atoms with van der Waals surface area (Å²) in [5.41, 5.74) is 37.1. The number of rotatable bonds is 25. The van der Waals surface area contributed by atoms with E-state index in [4.69, 9.17) is 52.4 Å². The average Bonchev–Trinajstić information content (AvgIpc) is 2.27. The van der Waals surface area contributed by atoms with E-state index in [9.17, 15) is 22.0 Å². The van der Waals surface area contributed by atoms with Crippen LogP contribution in [0, 0.1) is 0 Å². The predicted octanol–water partition coefficient (Wildman–Crippen LogP) is 14.0. The monoisotopic (exact) mass is 1290 g/mol. The number of hydrogen-bond acceptors (Lipinski definition) is 15. The number of ether oxygens (including phenoxy) is 5. The second-order valence-electron chi connectivity index (χ2n) is 20.2. The number of aromatic nitrogens is 6. The van der Waals surface area contributed by atoms with Gasteiger partial charge in [-0.05, 0) is 131 Å². The Labute approximate surface area is 550 Å². The largest absolute Gasteiger partial charge is 0.489 e. The number of nitrogens with zero attached hydrogens (tertiary/aromatic N) is 6. The van der Waals surface area contributed by atoms with E-state index < -0.39 is 0 Å². The van der Waals surface area contributed by atoms with Crippen molar-refractivity contribution in [2.75, 3.05) is 65.8 Å². The zero-order valence-electron chi connectivity index (χ0n) is 52.4. The number of aryl methyl sites for hydroxylation is 1. The van der Waals surface area contributed by atoms with Gasteiger partial charge >= 0.3 is 0 Å². The minimum Gasteiger partial charge on any atom is -0.489 e. The first-order chi connectivity index (χ1) is 46.5. The maximum Gasteiger partial charge on any atom is 0.159 e. The van der Waals surface area contributed by atoms with Gasteiger partial charge in [0.2, 0.25) is 0 Å². The summed E-state index contributed by atoms with van der Waals surface area (Å²) in [6.07, 6.45) is 12.9. The molecule has 0 radical (unpaired) electrons. The summed E-state index contributed by atoms with van der Waals surface area (Å²) in [6.45, 7) is 1.59. The molecule has 3 aromatic heterocycles. The second-order valence-corrected chi connectivity index (χ2v) is 20.2. The van der Waals surface area contributed by atoms with Crippen LogP contribution in [-0.4, -0.2) is 95.2 Å². The molecule has 0 fully saturated rings. The zero-order valence-corrected chi connectivity index (χ0v) is 52.4. The van der Waals surface area contributed by atoms with Gasteiger partial charge in [0.05, 0.1) is 43.7 Å². The zero-order chi connectivity index (χ0) is 67.7. The van der Waals surface area contributed by atoms with Crippen LogP contribution in [0.1, 0.15) is 0 Å². The van der Waals surface area contributed by atoms with E-state index in [0.717, 1.165) is 44.6 Å². The Kier molecular flexibility index (Phi) is 32.5. The third-order valence-corrected chi connectivity index (χ3v) is 13.3. The highest BCUT2D eigenvalue weighted by Gasteiger charge is 2.07. The fraction of sp³-hybridized carbons (Fsp3) is 0.149. The highest BCUT2D eigenvalue weighted by Crippen LogP contribution is 2.26. The molecule has 0 saturated carbocycles. The summed E-state index contributed by atoms with van der Waals surface area (Å²) >= 11 is 0. The lowest BCUT2D eigenvalue weighted by molar-refractivity contribution is 0.347. The molecule has 0 atom stereocenters. The van der Waals surface area contributed by atoms with Crippen LogP contribution in [0.5, 0.6) is 28.7 Å². The molecule has 0 saturated heterocycles. The van der Waals surface area contributed by atoms with Gasteiger partial charge in [-0.1, -0.05) is 84.9 Å². The average molecular weight is 1290 g/mol. The lowest BCUT2D eigenvalue weighted by Gasteiger charge is -2.08. The van der Waals surface area contributed by atoms with Gasteiger partial charge in [0.15, 0.2) is 11.6 Å². The van der Waals surface area contributed by atoms with Crippen LogP contribution in [0.4, 0.5) is 22.0 Å². The maximum atomic E-state index is 12.3. The Morgan fingerprint density at radius 3 is 0.789 bits per heavy atom. The van der Waals surface area contributed by atoms with Gasteiger partial charge in [0.25, 0.3) is 0 Å². The highest BCUT2D eigenvalue weighted by molar-refractivity contribution is 5.65. The lowest BCUT2D eigenvalue weighted by Crippen LogP contribution is -2.10. The molecular weight excluding hydrogens is 1220 g/mol. The second kappa shape index (κ2) is 42.2. The van der Waals surface area contributed by atoms with Crippen molar-refractivity contribution in [2.24, 2.45) is 35.7 Å². The first-order valence-electron chi connectivity index (χ1n) is 29.7. The highest BCUT2D eigenvalue weighted by atomic mass is 19.1. The van der Waals surface area contributed by atoms with E-state index in [1.165, 1.54) is 0 Å². The summed E-state index contributed by atoms with van der Waals surface area (Å²) < 4.78 is 90.6. The van der Waals surface area contributed by atoms with Crippen molar-refractivity contribution < 1.29 is 45.6 Å². The fourth-order valence-corrected chi connectivity index (χ4v) is 7.88. The van der Waals surface area contributed by atoms with E-state index in [-0.39, 0.29) is 65.8 Å². The Bertz CT molecular complexity index is 3500. The van der Waals surface area contributed by atoms with Crippen LogP contribution < -0.4 is 52.4 Å². The van der Waals surface area contributed by atoms with Crippen LogP contribution >= 0.6 is 0 Å². The Morgan fingerprint density at radius 1 is 0.316 bits per heavy atom. The topological polar surface area (TPSA) is 246 Å². The van der Waals surface area contributed by atoms with Gasteiger partial charge in [-0.25, -0.2) is 46.9 Å². The van der Waals surface area contributed by atoms with Crippen LogP contribution in [-0.2, 0) is 7.05 Å². The maximum absolute atomic E-state index is 12.3. The first-order valence-corrected chi connectivity index (χ1v) is 29.7. The van der Waals surface area contributed by atoms with E-state index in [2.05, 4.69) is 24.9 Å². The molecule has 10 rings (SSSR count). The SMILES string of the molecule is Cn1cnc(-c2ccc(OC/C(=C/F)CN)cc2)c1.NC/C(=C/F)COc1ccc(-c2ccccc2)cc1.NC/C(=C/F)COc1ccc(-c2ncccn2)cc1.NC/C(=C\F)COc1ccc(-c2ccccc2)cc1.NC/C(=C\F)COc1ccc(-c2ncccn2)cc1. The lowest BCUT2D eigenvalue weighted by atomic mass is 10.1. The van der Waals surface area contributed by atoms with Gasteiger partial charge in [0, 0.05) is 115 Å². The summed E-state index contributed by atoms with van der Waals surface area (Å²) in [4.78, 5) is 20.9. The molecule has 492 valence electrons. The molecule has 0 spiro atoms. The smallest absolute Gasteiger partial charge is 0.159 e. The quantitative estimate of drug-likeness (QED) is 0.0334. The summed E-state index contributed by atoms with van der Waals surface area (Å²) in [6, 6.07) is 61.1. The van der Waals surface area contributed by atoms with Gasteiger partial charge in [0.1, 0.15) is 61.8 Å². The Morgan fingerprint density at radius 2 is 0.558 bits per heavy atom. The summed E-state index contributed by atoms with van der Waals surface area (Å²) in [5, 5.41) is 0. The van der Waals surface area contributed by atoms with E-state index >= 15 is 0 Å². The molecule has 7 aromatic carbocycles. The van der Waals surface area contributed by atoms with Crippen LogP contribution in [0.3, 0.4) is 0 Å². The Hall–Kier alpha value is -10.9. The van der Waals surface area contributed by atoms with E-state index in [1.54, 1.807) is 67.5 Å². The standard InChI is InChI=1S/2C16H16FNO.C14H16FN3O.2C14H14FN3O/c2*17-10-13(11-18)12-19-16-8-6-15(7-9-16)14-4-2-1-3-5-14;1-18-8-14(17-10-18)12-2-4-13(5-3-12)19-9-11(6-15)7-16;2*15-8-11(9-16)10-19-13-4-2-12(3-5-13)14-17-6-1-7-18-14/h2*1-10H,11-12,18H2;2-6,8,10H,7,9,16H2,1H3;2*1-8H,9-10,16H2/b13-10+;13-10-;11-6+;11-8+;11-8-. The molecule has 0 aliphatic carbocycles. The summed E-state index contributed by atoms with van der Waals surface area (Å²) in [7, 11) is 1.92. The van der Waals surface area contributed by atoms with Crippen molar-refractivity contribution in [3.05, 3.63) is 291 Å². The van der Waals surface area contributed by atoms with E-state index in [0.29, 0.717) is 99.9 Å². The van der Waals surface area contributed by atoms with Gasteiger partial charge in [-0.15, -0.1) is 0 Å². The van der Waals surface area contributed by atoms with Crippen LogP contribution in [0.2, 0.25) is 0 Å². The molecule has 16 nitrogen and oxygen atoms in total. The molecule has 95 heavy (non-hydrogen) atoms. The summed E-state index contributed by atoms with van der Waals surface area (Å²) in [5.74, 6) is 4.67. The Balaban J connectivity index is 0.000000188. The van der Waals surface area contributed by atoms with Gasteiger partial charge in [-0.2, -0.15) is 0 Å². The van der Waals surface area contributed by atoms with Gasteiger partial charge < -0.3 is 56.9 Å². The predicted molar refractivity (Wildman–Crippen MR) is 366 cm³/mol. The third-order valence-electron chi connectivity index (χ3n) is 13.3. The molecule has 0 amide bonds. The van der Waals surface area contributed by atoms with Crippen LogP contribution in [0.15, 0.2) is 291 Å². The minimum atomic E-state index is 0.145. The molecule has 3 heterocycles. The van der Waals surface area contributed by atoms with E-state index in [1.807, 2.05) is 176 Å². The number of hydrogen-bond donors (Lipinski definition) is 5. The first kappa shape index (κ1) is 73.1. The fourth-order valence-electron chi connectivity index (χ4n) is 7.88. The van der Waals surface area contributed by atoms with Crippen LogP contribution in [0.25, 0.3) is 56.3 Å². The molecule has 0 aliphatic rings. The molecule has 0 unspecified atom stereocenters. The van der Waals surface area contributed by atoms with Crippen molar-refractivity contribution in [3.8, 4) is 85.0 Å². The number of benzene rings is 7. The number of imidazole rings is 1. The molecule has 10 aromatic rings. The molecular formula is C74H76F5N11O5. The molecule has 10 N–H and O–H groups in total. The normalized spacial score (nSPS) is 11.4.